The van der Waals surface area contributed by atoms with Crippen LogP contribution in [0.15, 0.2) is 53.1 Å². The van der Waals surface area contributed by atoms with Gasteiger partial charge in [0, 0.05) is 23.2 Å². The van der Waals surface area contributed by atoms with Gasteiger partial charge in [-0.15, -0.1) is 0 Å². The number of urea groups is 1. The summed E-state index contributed by atoms with van der Waals surface area (Å²) >= 11 is 3.38. The van der Waals surface area contributed by atoms with Gasteiger partial charge in [-0.3, -0.25) is 9.69 Å². The summed E-state index contributed by atoms with van der Waals surface area (Å²) in [5.74, 6) is -0.888. The van der Waals surface area contributed by atoms with Crippen molar-refractivity contribution < 1.29 is 28.2 Å². The molecule has 0 aromatic heterocycles. The molecule has 1 aliphatic heterocycles. The number of ketones is 1. The van der Waals surface area contributed by atoms with Gasteiger partial charge in [0.1, 0.15) is 22.7 Å². The van der Waals surface area contributed by atoms with Crippen molar-refractivity contribution in [2.45, 2.75) is 38.8 Å². The topological polar surface area (TPSA) is 84.9 Å². The summed E-state index contributed by atoms with van der Waals surface area (Å²) < 4.78 is 24.5. The average molecular weight is 519 g/mol. The van der Waals surface area contributed by atoms with Crippen LogP contribution in [-0.2, 0) is 9.53 Å². The van der Waals surface area contributed by atoms with Crippen LogP contribution < -0.4 is 10.1 Å². The van der Waals surface area contributed by atoms with Crippen molar-refractivity contribution in [3.8, 4) is 5.75 Å². The summed E-state index contributed by atoms with van der Waals surface area (Å²) in [5, 5.41) is 2.77. The van der Waals surface area contributed by atoms with E-state index < -0.39 is 29.5 Å². The zero-order chi connectivity index (χ0) is 24.3. The highest BCUT2D eigenvalue weighted by molar-refractivity contribution is 9.10. The largest absolute Gasteiger partial charge is 0.496 e. The number of ether oxygens (including phenoxy) is 2. The Bertz CT molecular complexity index is 1110. The molecule has 33 heavy (non-hydrogen) atoms. The molecule has 0 spiro atoms. The number of methoxy groups -OCH3 is 1. The maximum atomic E-state index is 13.3. The summed E-state index contributed by atoms with van der Waals surface area (Å²) in [7, 11) is 1.41. The Labute approximate surface area is 199 Å². The second kappa shape index (κ2) is 9.74. The molecule has 0 fully saturated rings. The van der Waals surface area contributed by atoms with E-state index in [2.05, 4.69) is 21.2 Å². The first-order chi connectivity index (χ1) is 15.5. The number of hydrogen-bond acceptors (Lipinski definition) is 5. The Kier molecular flexibility index (Phi) is 7.22. The van der Waals surface area contributed by atoms with Gasteiger partial charge in [0.2, 0.25) is 0 Å². The monoisotopic (exact) mass is 518 g/mol. The van der Waals surface area contributed by atoms with Gasteiger partial charge >= 0.3 is 12.0 Å². The number of allylic oxidation sites excluding steroid dienone is 1. The number of carbonyl (C=O) groups is 3. The highest BCUT2D eigenvalue weighted by Gasteiger charge is 2.30. The normalized spacial score (nSPS) is 15.9. The number of halogens is 2. The van der Waals surface area contributed by atoms with Crippen LogP contribution in [0.3, 0.4) is 0 Å². The van der Waals surface area contributed by atoms with Crippen molar-refractivity contribution in [3.63, 3.8) is 0 Å². The summed E-state index contributed by atoms with van der Waals surface area (Å²) in [5.41, 5.74) is 0.493. The van der Waals surface area contributed by atoms with E-state index in [0.717, 1.165) is 0 Å². The molecule has 1 unspecified atom stereocenters. The second-order valence-electron chi connectivity index (χ2n) is 8.43. The third-order valence-electron chi connectivity index (χ3n) is 4.79. The van der Waals surface area contributed by atoms with Crippen LogP contribution in [0.4, 0.5) is 14.9 Å². The highest BCUT2D eigenvalue weighted by atomic mass is 79.9. The molecule has 1 aliphatic rings. The van der Waals surface area contributed by atoms with Crippen molar-refractivity contribution in [1.82, 2.24) is 4.90 Å². The molecular weight excluding hydrogens is 495 g/mol. The molecule has 3 rings (SSSR count). The number of nitrogens with zero attached hydrogens (tertiary/aromatic N) is 1. The molecule has 0 saturated carbocycles. The van der Waals surface area contributed by atoms with Gasteiger partial charge in [0.25, 0.3) is 0 Å². The maximum Gasteiger partial charge on any atom is 0.342 e. The predicted octanol–water partition coefficient (Wildman–Crippen LogP) is 5.61. The fourth-order valence-corrected chi connectivity index (χ4v) is 3.73. The number of rotatable bonds is 4. The Hall–Kier alpha value is -3.20. The third-order valence-corrected chi connectivity index (χ3v) is 5.45. The van der Waals surface area contributed by atoms with Gasteiger partial charge in [-0.2, -0.15) is 0 Å². The number of benzene rings is 2. The van der Waals surface area contributed by atoms with Gasteiger partial charge in [-0.05, 0) is 66.5 Å². The van der Waals surface area contributed by atoms with Gasteiger partial charge in [0.05, 0.1) is 18.8 Å². The number of hydrogen-bond donors (Lipinski definition) is 1. The molecular formula is C24H24BrFN2O5. The molecule has 1 atom stereocenters. The van der Waals surface area contributed by atoms with Crippen LogP contribution in [0.1, 0.15) is 49.2 Å². The molecule has 2 aromatic carbocycles. The molecule has 9 heteroatoms. The van der Waals surface area contributed by atoms with Crippen molar-refractivity contribution in [3.05, 3.63) is 70.1 Å². The van der Waals surface area contributed by atoms with Crippen LogP contribution >= 0.6 is 15.9 Å². The van der Waals surface area contributed by atoms with Crippen molar-refractivity contribution in [1.29, 1.82) is 0 Å². The standard InChI is InChI=1S/C24H24BrFN2O5/c1-24(2,3)33-22(30)17-12-18(25)19(13-21(17)32-4)27-23(31)28-10-9-16(29)11-20(28)14-5-7-15(26)8-6-14/h5-10,12-13,20H,11H2,1-4H3,(H,27,31). The van der Waals surface area contributed by atoms with E-state index in [1.54, 1.807) is 32.9 Å². The highest BCUT2D eigenvalue weighted by Crippen LogP contribution is 2.34. The lowest BCUT2D eigenvalue weighted by Gasteiger charge is -2.31. The summed E-state index contributed by atoms with van der Waals surface area (Å²) in [6.07, 6.45) is 2.79. The fourth-order valence-electron chi connectivity index (χ4n) is 3.29. The van der Waals surface area contributed by atoms with Crippen LogP contribution in [0, 0.1) is 5.82 Å². The Morgan fingerprint density at radius 2 is 1.85 bits per heavy atom. The summed E-state index contributed by atoms with van der Waals surface area (Å²) in [6, 6.07) is 7.56. The lowest BCUT2D eigenvalue weighted by atomic mass is 9.97. The zero-order valence-corrected chi connectivity index (χ0v) is 20.2. The van der Waals surface area contributed by atoms with Gasteiger partial charge in [-0.1, -0.05) is 12.1 Å². The van der Waals surface area contributed by atoms with Crippen LogP contribution in [0.5, 0.6) is 5.75 Å². The third kappa shape index (κ3) is 5.98. The Morgan fingerprint density at radius 1 is 1.18 bits per heavy atom. The van der Waals surface area contributed by atoms with E-state index in [1.807, 2.05) is 0 Å². The minimum atomic E-state index is -0.686. The zero-order valence-electron chi connectivity index (χ0n) is 18.6. The van der Waals surface area contributed by atoms with Gasteiger partial charge < -0.3 is 14.8 Å². The minimum absolute atomic E-state index is 0.0671. The summed E-state index contributed by atoms with van der Waals surface area (Å²) in [4.78, 5) is 39.0. The number of anilines is 1. The number of esters is 1. The number of carbonyl (C=O) groups excluding carboxylic acids is 3. The SMILES string of the molecule is COc1cc(NC(=O)N2C=CC(=O)CC2c2ccc(F)cc2)c(Br)cc1C(=O)OC(C)(C)C. The quantitative estimate of drug-likeness (QED) is 0.531. The first-order valence-electron chi connectivity index (χ1n) is 10.1. The van der Waals surface area contributed by atoms with Crippen LogP contribution in [0.25, 0.3) is 0 Å². The van der Waals surface area contributed by atoms with E-state index in [9.17, 15) is 18.8 Å². The van der Waals surface area contributed by atoms with E-state index >= 15 is 0 Å². The molecule has 2 aromatic rings. The van der Waals surface area contributed by atoms with Crippen molar-refractivity contribution in [2.75, 3.05) is 12.4 Å². The van der Waals surface area contributed by atoms with E-state index in [1.165, 1.54) is 48.6 Å². The first kappa shape index (κ1) is 24.4. The smallest absolute Gasteiger partial charge is 0.342 e. The van der Waals surface area contributed by atoms with Crippen molar-refractivity contribution in [2.24, 2.45) is 0 Å². The van der Waals surface area contributed by atoms with Crippen LogP contribution in [-0.4, -0.2) is 35.4 Å². The van der Waals surface area contributed by atoms with E-state index in [-0.39, 0.29) is 23.5 Å². The van der Waals surface area contributed by atoms with E-state index in [0.29, 0.717) is 15.7 Å². The average Bonchev–Trinajstić information content (AvgIpc) is 2.74. The first-order valence-corrected chi connectivity index (χ1v) is 10.9. The van der Waals surface area contributed by atoms with Crippen LogP contribution in [0.2, 0.25) is 0 Å². The second-order valence-corrected chi connectivity index (χ2v) is 9.28. The predicted molar refractivity (Wildman–Crippen MR) is 125 cm³/mol. The lowest BCUT2D eigenvalue weighted by Crippen LogP contribution is -2.37. The molecule has 1 heterocycles. The molecule has 0 aliphatic carbocycles. The molecule has 0 bridgehead atoms. The minimum Gasteiger partial charge on any atom is -0.496 e. The van der Waals surface area contributed by atoms with Gasteiger partial charge in [-0.25, -0.2) is 14.0 Å². The number of amides is 2. The molecule has 7 nitrogen and oxygen atoms in total. The van der Waals surface area contributed by atoms with Crippen molar-refractivity contribution >= 4 is 39.4 Å². The number of nitrogens with one attached hydrogen (secondary N) is 1. The van der Waals surface area contributed by atoms with E-state index in [4.69, 9.17) is 9.47 Å². The fraction of sp³-hybridized carbons (Fsp3) is 0.292. The molecule has 174 valence electrons. The molecule has 0 radical (unpaired) electrons. The molecule has 0 saturated heterocycles. The maximum absolute atomic E-state index is 13.3. The Balaban J connectivity index is 1.87. The summed E-state index contributed by atoms with van der Waals surface area (Å²) in [6.45, 7) is 5.28. The lowest BCUT2D eigenvalue weighted by molar-refractivity contribution is -0.116. The van der Waals surface area contributed by atoms with Gasteiger partial charge in [0.15, 0.2) is 5.78 Å². The Morgan fingerprint density at radius 3 is 2.45 bits per heavy atom. The molecule has 2 amide bonds. The molecule has 1 N–H and O–H groups in total.